The molecular formula is C16H16N4. The average Bonchev–Trinajstić information content (AvgIpc) is 2.48. The molecule has 4 nitrogen and oxygen atoms in total. The fourth-order valence-electron chi connectivity index (χ4n) is 2.23. The van der Waals surface area contributed by atoms with E-state index in [2.05, 4.69) is 33.3 Å². The van der Waals surface area contributed by atoms with Gasteiger partial charge in [-0.25, -0.2) is 15.0 Å². The van der Waals surface area contributed by atoms with Crippen LogP contribution in [0.5, 0.6) is 0 Å². The molecule has 20 heavy (non-hydrogen) atoms. The summed E-state index contributed by atoms with van der Waals surface area (Å²) in [5, 5.41) is 4.36. The number of aryl methyl sites for hydroxylation is 1. The van der Waals surface area contributed by atoms with Crippen LogP contribution in [0.15, 0.2) is 42.6 Å². The average molecular weight is 264 g/mol. The summed E-state index contributed by atoms with van der Waals surface area (Å²) in [5.41, 5.74) is 2.96. The minimum absolute atomic E-state index is 0.650. The van der Waals surface area contributed by atoms with Gasteiger partial charge in [0.25, 0.3) is 0 Å². The maximum Gasteiger partial charge on any atom is 0.180 e. The van der Waals surface area contributed by atoms with E-state index in [0.717, 1.165) is 23.6 Å². The fourth-order valence-corrected chi connectivity index (χ4v) is 2.23. The Bertz CT molecular complexity index is 752. The number of pyridine rings is 1. The van der Waals surface area contributed by atoms with Crippen molar-refractivity contribution < 1.29 is 0 Å². The second kappa shape index (κ2) is 5.25. The number of aromatic nitrogens is 3. The van der Waals surface area contributed by atoms with Crippen molar-refractivity contribution in [2.75, 3.05) is 11.9 Å². The molecule has 1 N–H and O–H groups in total. The predicted octanol–water partition coefficient (Wildman–Crippen LogP) is 3.43. The van der Waals surface area contributed by atoms with Crippen molar-refractivity contribution in [2.24, 2.45) is 0 Å². The lowest BCUT2D eigenvalue weighted by atomic mass is 10.1. The summed E-state index contributed by atoms with van der Waals surface area (Å²) in [4.78, 5) is 13.5. The number of hydrogen-bond donors (Lipinski definition) is 1. The lowest BCUT2D eigenvalue weighted by Gasteiger charge is -2.07. The molecule has 2 aromatic heterocycles. The van der Waals surface area contributed by atoms with E-state index < -0.39 is 0 Å². The summed E-state index contributed by atoms with van der Waals surface area (Å²) < 4.78 is 0. The monoisotopic (exact) mass is 264 g/mol. The summed E-state index contributed by atoms with van der Waals surface area (Å²) in [6.45, 7) is 4.96. The van der Waals surface area contributed by atoms with Gasteiger partial charge >= 0.3 is 0 Å². The first-order valence-electron chi connectivity index (χ1n) is 6.71. The molecule has 0 bridgehead atoms. The standard InChI is InChI=1S/C16H16N4/c1-3-17-15-8-9-18-16(20-15)14-10-11(2)12-6-4-5-7-13(12)19-14/h4-10H,3H2,1-2H3,(H,17,18,20). The number of nitrogens with zero attached hydrogens (tertiary/aromatic N) is 3. The Morgan fingerprint density at radius 1 is 1.10 bits per heavy atom. The van der Waals surface area contributed by atoms with Crippen LogP contribution in [0.1, 0.15) is 12.5 Å². The molecule has 0 aliphatic heterocycles. The third-order valence-electron chi connectivity index (χ3n) is 3.17. The fraction of sp³-hybridized carbons (Fsp3) is 0.188. The van der Waals surface area contributed by atoms with E-state index >= 15 is 0 Å². The SMILES string of the molecule is CCNc1ccnc(-c2cc(C)c3ccccc3n2)n1. The molecule has 2 heterocycles. The van der Waals surface area contributed by atoms with Crippen molar-refractivity contribution in [1.82, 2.24) is 15.0 Å². The lowest BCUT2D eigenvalue weighted by Crippen LogP contribution is -2.01. The number of hydrogen-bond acceptors (Lipinski definition) is 4. The summed E-state index contributed by atoms with van der Waals surface area (Å²) >= 11 is 0. The molecule has 0 saturated heterocycles. The van der Waals surface area contributed by atoms with Gasteiger partial charge in [-0.15, -0.1) is 0 Å². The molecule has 0 radical (unpaired) electrons. The van der Waals surface area contributed by atoms with E-state index in [1.54, 1.807) is 6.20 Å². The van der Waals surface area contributed by atoms with Crippen molar-refractivity contribution in [2.45, 2.75) is 13.8 Å². The van der Waals surface area contributed by atoms with Crippen molar-refractivity contribution in [1.29, 1.82) is 0 Å². The first-order chi connectivity index (χ1) is 9.78. The van der Waals surface area contributed by atoms with Gasteiger partial charge in [0.2, 0.25) is 0 Å². The van der Waals surface area contributed by atoms with Gasteiger partial charge in [-0.05, 0) is 37.6 Å². The van der Waals surface area contributed by atoms with Crippen LogP contribution in [0.2, 0.25) is 0 Å². The summed E-state index contributed by atoms with van der Waals surface area (Å²) in [5.74, 6) is 1.47. The van der Waals surface area contributed by atoms with Crippen molar-refractivity contribution in [3.05, 3.63) is 48.2 Å². The minimum Gasteiger partial charge on any atom is -0.370 e. The van der Waals surface area contributed by atoms with Crippen molar-refractivity contribution in [3.8, 4) is 11.5 Å². The Labute approximate surface area is 117 Å². The molecule has 0 aliphatic rings. The molecule has 0 unspecified atom stereocenters. The molecule has 0 amide bonds. The predicted molar refractivity (Wildman–Crippen MR) is 81.7 cm³/mol. The smallest absolute Gasteiger partial charge is 0.180 e. The van der Waals surface area contributed by atoms with Crippen LogP contribution in [0, 0.1) is 6.92 Å². The largest absolute Gasteiger partial charge is 0.370 e. The number of anilines is 1. The topological polar surface area (TPSA) is 50.7 Å². The zero-order chi connectivity index (χ0) is 13.9. The second-order valence-corrected chi connectivity index (χ2v) is 4.64. The number of benzene rings is 1. The maximum absolute atomic E-state index is 4.65. The molecule has 0 atom stereocenters. The van der Waals surface area contributed by atoms with Crippen LogP contribution < -0.4 is 5.32 Å². The van der Waals surface area contributed by atoms with Crippen molar-refractivity contribution >= 4 is 16.7 Å². The first kappa shape index (κ1) is 12.5. The zero-order valence-corrected chi connectivity index (χ0v) is 11.6. The molecule has 3 aromatic rings. The van der Waals surface area contributed by atoms with Gasteiger partial charge in [-0.2, -0.15) is 0 Å². The normalized spacial score (nSPS) is 10.7. The van der Waals surface area contributed by atoms with Gasteiger partial charge in [0.15, 0.2) is 5.82 Å². The quantitative estimate of drug-likeness (QED) is 0.787. The maximum atomic E-state index is 4.65. The highest BCUT2D eigenvalue weighted by Gasteiger charge is 2.07. The number of nitrogens with one attached hydrogen (secondary N) is 1. The Hall–Kier alpha value is -2.49. The molecule has 0 saturated carbocycles. The highest BCUT2D eigenvalue weighted by atomic mass is 15.0. The molecule has 0 fully saturated rings. The Balaban J connectivity index is 2.12. The van der Waals surface area contributed by atoms with E-state index in [9.17, 15) is 0 Å². The van der Waals surface area contributed by atoms with Gasteiger partial charge < -0.3 is 5.32 Å². The zero-order valence-electron chi connectivity index (χ0n) is 11.6. The number of rotatable bonds is 3. The minimum atomic E-state index is 0.650. The van der Waals surface area contributed by atoms with Gasteiger partial charge in [-0.3, -0.25) is 0 Å². The summed E-state index contributed by atoms with van der Waals surface area (Å²) in [7, 11) is 0. The van der Waals surface area contributed by atoms with E-state index in [0.29, 0.717) is 5.82 Å². The molecular weight excluding hydrogens is 248 g/mol. The third-order valence-corrected chi connectivity index (χ3v) is 3.17. The summed E-state index contributed by atoms with van der Waals surface area (Å²) in [6, 6.07) is 12.0. The number of fused-ring (bicyclic) bond motifs is 1. The van der Waals surface area contributed by atoms with Crippen LogP contribution >= 0.6 is 0 Å². The van der Waals surface area contributed by atoms with Crippen molar-refractivity contribution in [3.63, 3.8) is 0 Å². The van der Waals surface area contributed by atoms with Crippen LogP contribution in [0.4, 0.5) is 5.82 Å². The Morgan fingerprint density at radius 2 is 1.95 bits per heavy atom. The van der Waals surface area contributed by atoms with Gasteiger partial charge in [0, 0.05) is 18.1 Å². The molecule has 4 heteroatoms. The summed E-state index contributed by atoms with van der Waals surface area (Å²) in [6.07, 6.45) is 1.76. The van der Waals surface area contributed by atoms with Crippen LogP contribution in [0.25, 0.3) is 22.4 Å². The molecule has 100 valence electrons. The third kappa shape index (κ3) is 2.32. The van der Waals surface area contributed by atoms with E-state index in [-0.39, 0.29) is 0 Å². The molecule has 3 rings (SSSR count). The van der Waals surface area contributed by atoms with Gasteiger partial charge in [-0.1, -0.05) is 18.2 Å². The van der Waals surface area contributed by atoms with Crippen LogP contribution in [0.3, 0.4) is 0 Å². The highest BCUT2D eigenvalue weighted by molar-refractivity contribution is 5.84. The lowest BCUT2D eigenvalue weighted by molar-refractivity contribution is 1.10. The highest BCUT2D eigenvalue weighted by Crippen LogP contribution is 2.22. The Kier molecular flexibility index (Phi) is 3.29. The second-order valence-electron chi connectivity index (χ2n) is 4.64. The van der Waals surface area contributed by atoms with Crippen LogP contribution in [-0.4, -0.2) is 21.5 Å². The number of para-hydroxylation sites is 1. The van der Waals surface area contributed by atoms with Gasteiger partial charge in [0.1, 0.15) is 11.5 Å². The van der Waals surface area contributed by atoms with E-state index in [1.165, 1.54) is 10.9 Å². The van der Waals surface area contributed by atoms with E-state index in [1.807, 2.05) is 37.3 Å². The van der Waals surface area contributed by atoms with Crippen LogP contribution in [-0.2, 0) is 0 Å². The van der Waals surface area contributed by atoms with E-state index in [4.69, 9.17) is 0 Å². The first-order valence-corrected chi connectivity index (χ1v) is 6.71. The molecule has 1 aromatic carbocycles. The van der Waals surface area contributed by atoms with Gasteiger partial charge in [0.05, 0.1) is 5.52 Å². The Morgan fingerprint density at radius 3 is 2.80 bits per heavy atom. The molecule has 0 spiro atoms. The molecule has 0 aliphatic carbocycles.